The standard InChI is InChI=1S/C16H26ClN3O/c1-4-6-16(7-9-18-10-8-16)14(21)11-13-15(17)12(3)19-20(13)5-2/h18H,4-11H2,1-3H3. The first-order valence-corrected chi connectivity index (χ1v) is 8.37. The normalized spacial score (nSPS) is 17.9. The summed E-state index contributed by atoms with van der Waals surface area (Å²) in [6, 6.07) is 0. The molecule has 1 aliphatic heterocycles. The number of piperidine rings is 1. The smallest absolute Gasteiger partial charge is 0.145 e. The molecule has 0 amide bonds. The molecule has 1 aromatic heterocycles. The molecule has 0 bridgehead atoms. The number of hydrogen-bond acceptors (Lipinski definition) is 3. The third-order valence-corrected chi connectivity index (χ3v) is 5.15. The van der Waals surface area contributed by atoms with Crippen molar-refractivity contribution >= 4 is 17.4 Å². The van der Waals surface area contributed by atoms with Crippen LogP contribution in [0.2, 0.25) is 5.02 Å². The van der Waals surface area contributed by atoms with Crippen LogP contribution in [0.5, 0.6) is 0 Å². The molecular formula is C16H26ClN3O. The molecule has 0 unspecified atom stereocenters. The van der Waals surface area contributed by atoms with E-state index in [4.69, 9.17) is 11.6 Å². The van der Waals surface area contributed by atoms with E-state index in [1.807, 2.05) is 18.5 Å². The number of hydrogen-bond donors (Lipinski definition) is 1. The number of nitrogens with zero attached hydrogens (tertiary/aromatic N) is 2. The van der Waals surface area contributed by atoms with Crippen LogP contribution in [0.15, 0.2) is 0 Å². The van der Waals surface area contributed by atoms with Crippen molar-refractivity contribution in [1.82, 2.24) is 15.1 Å². The van der Waals surface area contributed by atoms with Crippen LogP contribution in [0.3, 0.4) is 0 Å². The van der Waals surface area contributed by atoms with Gasteiger partial charge in [-0.15, -0.1) is 0 Å². The summed E-state index contributed by atoms with van der Waals surface area (Å²) in [7, 11) is 0. The van der Waals surface area contributed by atoms with Crippen molar-refractivity contribution in [1.29, 1.82) is 0 Å². The Balaban J connectivity index is 2.23. The van der Waals surface area contributed by atoms with Gasteiger partial charge in [0.1, 0.15) is 5.78 Å². The maximum atomic E-state index is 13.0. The maximum absolute atomic E-state index is 13.0. The number of Topliss-reactive ketones (excluding diaryl/α,β-unsaturated/α-hetero) is 1. The molecule has 0 aromatic carbocycles. The predicted molar refractivity (Wildman–Crippen MR) is 85.8 cm³/mol. The number of carbonyl (C=O) groups is 1. The highest BCUT2D eigenvalue weighted by molar-refractivity contribution is 6.32. The fourth-order valence-corrected chi connectivity index (χ4v) is 3.63. The van der Waals surface area contributed by atoms with E-state index in [-0.39, 0.29) is 5.41 Å². The molecule has 2 rings (SSSR count). The summed E-state index contributed by atoms with van der Waals surface area (Å²) in [6.07, 6.45) is 4.32. The zero-order chi connectivity index (χ0) is 15.5. The highest BCUT2D eigenvalue weighted by Gasteiger charge is 2.38. The highest BCUT2D eigenvalue weighted by Crippen LogP contribution is 2.37. The van der Waals surface area contributed by atoms with Crippen molar-refractivity contribution in [3.8, 4) is 0 Å². The van der Waals surface area contributed by atoms with Crippen molar-refractivity contribution in [3.05, 3.63) is 16.4 Å². The fourth-order valence-electron chi connectivity index (χ4n) is 3.43. The predicted octanol–water partition coefficient (Wildman–Crippen LogP) is 3.15. The summed E-state index contributed by atoms with van der Waals surface area (Å²) >= 11 is 6.35. The van der Waals surface area contributed by atoms with E-state index in [0.717, 1.165) is 56.7 Å². The van der Waals surface area contributed by atoms with E-state index in [0.29, 0.717) is 17.2 Å². The number of aromatic nitrogens is 2. The van der Waals surface area contributed by atoms with Crippen LogP contribution < -0.4 is 5.32 Å². The summed E-state index contributed by atoms with van der Waals surface area (Å²) < 4.78 is 1.87. The lowest BCUT2D eigenvalue weighted by atomic mass is 9.71. The van der Waals surface area contributed by atoms with Crippen LogP contribution in [0, 0.1) is 12.3 Å². The molecule has 0 saturated carbocycles. The average molecular weight is 312 g/mol. The Morgan fingerprint density at radius 1 is 1.38 bits per heavy atom. The molecule has 1 N–H and O–H groups in total. The van der Waals surface area contributed by atoms with Gasteiger partial charge >= 0.3 is 0 Å². The summed E-state index contributed by atoms with van der Waals surface area (Å²) in [5, 5.41) is 8.43. The van der Waals surface area contributed by atoms with Crippen molar-refractivity contribution in [2.45, 2.75) is 59.4 Å². The molecule has 118 valence electrons. The molecule has 0 atom stereocenters. The van der Waals surface area contributed by atoms with Crippen LogP contribution in [0.1, 0.15) is 50.9 Å². The molecule has 1 aliphatic rings. The fraction of sp³-hybridized carbons (Fsp3) is 0.750. The summed E-state index contributed by atoms with van der Waals surface area (Å²) in [5.74, 6) is 0.336. The van der Waals surface area contributed by atoms with Crippen LogP contribution in [-0.2, 0) is 17.8 Å². The van der Waals surface area contributed by atoms with E-state index >= 15 is 0 Å². The van der Waals surface area contributed by atoms with E-state index in [1.165, 1.54) is 0 Å². The van der Waals surface area contributed by atoms with Gasteiger partial charge in [-0.1, -0.05) is 24.9 Å². The van der Waals surface area contributed by atoms with Gasteiger partial charge in [-0.2, -0.15) is 5.10 Å². The lowest BCUT2D eigenvalue weighted by molar-refractivity contribution is -0.130. The van der Waals surface area contributed by atoms with Crippen LogP contribution in [-0.4, -0.2) is 28.7 Å². The second kappa shape index (κ2) is 6.93. The summed E-state index contributed by atoms with van der Waals surface area (Å²) in [4.78, 5) is 13.0. The third kappa shape index (κ3) is 3.32. The Bertz CT molecular complexity index is 498. The first-order valence-electron chi connectivity index (χ1n) is 8.00. The van der Waals surface area contributed by atoms with Crippen molar-refractivity contribution in [2.24, 2.45) is 5.41 Å². The van der Waals surface area contributed by atoms with Gasteiger partial charge in [0.15, 0.2) is 0 Å². The average Bonchev–Trinajstić information content (AvgIpc) is 2.76. The number of nitrogens with one attached hydrogen (secondary N) is 1. The highest BCUT2D eigenvalue weighted by atomic mass is 35.5. The van der Waals surface area contributed by atoms with Crippen LogP contribution >= 0.6 is 11.6 Å². The number of ketones is 1. The Labute approximate surface area is 132 Å². The number of aryl methyl sites for hydroxylation is 2. The lowest BCUT2D eigenvalue weighted by Gasteiger charge is -2.36. The van der Waals surface area contributed by atoms with E-state index in [2.05, 4.69) is 17.3 Å². The van der Waals surface area contributed by atoms with E-state index < -0.39 is 0 Å². The zero-order valence-corrected chi connectivity index (χ0v) is 14.1. The zero-order valence-electron chi connectivity index (χ0n) is 13.3. The van der Waals surface area contributed by atoms with Crippen molar-refractivity contribution in [2.75, 3.05) is 13.1 Å². The summed E-state index contributed by atoms with van der Waals surface area (Å²) in [5.41, 5.74) is 1.53. The van der Waals surface area contributed by atoms with Gasteiger partial charge in [-0.3, -0.25) is 9.48 Å². The molecule has 2 heterocycles. The molecule has 1 saturated heterocycles. The second-order valence-electron chi connectivity index (χ2n) is 6.04. The lowest BCUT2D eigenvalue weighted by Crippen LogP contribution is -2.43. The minimum absolute atomic E-state index is 0.167. The molecule has 21 heavy (non-hydrogen) atoms. The van der Waals surface area contributed by atoms with Crippen LogP contribution in [0.4, 0.5) is 0 Å². The largest absolute Gasteiger partial charge is 0.317 e. The molecule has 0 spiro atoms. The second-order valence-corrected chi connectivity index (χ2v) is 6.42. The van der Waals surface area contributed by atoms with Gasteiger partial charge in [0, 0.05) is 12.0 Å². The third-order valence-electron chi connectivity index (χ3n) is 4.66. The van der Waals surface area contributed by atoms with Gasteiger partial charge < -0.3 is 5.32 Å². The number of rotatable bonds is 6. The molecule has 4 nitrogen and oxygen atoms in total. The van der Waals surface area contributed by atoms with Gasteiger partial charge in [0.25, 0.3) is 0 Å². The van der Waals surface area contributed by atoms with Crippen LogP contribution in [0.25, 0.3) is 0 Å². The Kier molecular flexibility index (Phi) is 5.44. The Hall–Kier alpha value is -0.870. The van der Waals surface area contributed by atoms with E-state index in [9.17, 15) is 4.79 Å². The number of halogens is 1. The molecule has 5 heteroatoms. The Morgan fingerprint density at radius 3 is 2.62 bits per heavy atom. The van der Waals surface area contributed by atoms with Gasteiger partial charge in [0.05, 0.1) is 22.8 Å². The Morgan fingerprint density at radius 2 is 2.05 bits per heavy atom. The maximum Gasteiger partial charge on any atom is 0.145 e. The van der Waals surface area contributed by atoms with Crippen molar-refractivity contribution in [3.63, 3.8) is 0 Å². The first kappa shape index (κ1) is 16.5. The molecular weight excluding hydrogens is 286 g/mol. The molecule has 0 radical (unpaired) electrons. The van der Waals surface area contributed by atoms with Gasteiger partial charge in [-0.25, -0.2) is 0 Å². The van der Waals surface area contributed by atoms with Crippen molar-refractivity contribution < 1.29 is 4.79 Å². The molecule has 1 fully saturated rings. The monoisotopic (exact) mass is 311 g/mol. The van der Waals surface area contributed by atoms with E-state index in [1.54, 1.807) is 0 Å². The van der Waals surface area contributed by atoms with Gasteiger partial charge in [0.2, 0.25) is 0 Å². The molecule has 0 aliphatic carbocycles. The topological polar surface area (TPSA) is 46.9 Å². The van der Waals surface area contributed by atoms with Gasteiger partial charge in [-0.05, 0) is 46.2 Å². The minimum Gasteiger partial charge on any atom is -0.317 e. The molecule has 1 aromatic rings. The number of carbonyl (C=O) groups excluding carboxylic acids is 1. The first-order chi connectivity index (χ1) is 10.0. The minimum atomic E-state index is -0.167. The SMILES string of the molecule is CCCC1(C(=O)Cc2c(Cl)c(C)nn2CC)CCNCC1. The summed E-state index contributed by atoms with van der Waals surface area (Å²) in [6.45, 7) is 8.71. The quantitative estimate of drug-likeness (QED) is 0.878.